The molecule has 0 bridgehead atoms. The Morgan fingerprint density at radius 2 is 1.63 bits per heavy atom. The third-order valence-electron chi connectivity index (χ3n) is 2.35. The second-order valence-electron chi connectivity index (χ2n) is 3.70. The summed E-state index contributed by atoms with van der Waals surface area (Å²) in [5.41, 5.74) is -0.350. The van der Waals surface area contributed by atoms with E-state index in [0.717, 1.165) is 30.3 Å². The van der Waals surface area contributed by atoms with Crippen molar-refractivity contribution in [3.05, 3.63) is 64.4 Å². The predicted octanol–water partition coefficient (Wildman–Crippen LogP) is 4.01. The van der Waals surface area contributed by atoms with Gasteiger partial charge in [0.25, 0.3) is 5.91 Å². The molecule has 0 saturated heterocycles. The van der Waals surface area contributed by atoms with Crippen molar-refractivity contribution in [3.8, 4) is 0 Å². The number of carbonyl (C=O) groups excluding carboxylic acids is 1. The Bertz CT molecular complexity index is 646. The van der Waals surface area contributed by atoms with E-state index in [-0.39, 0.29) is 10.7 Å². The van der Waals surface area contributed by atoms with Crippen LogP contribution in [0.2, 0.25) is 5.02 Å². The highest BCUT2D eigenvalue weighted by Gasteiger charge is 2.14. The Morgan fingerprint density at radius 3 is 2.32 bits per heavy atom. The molecule has 0 aromatic heterocycles. The van der Waals surface area contributed by atoms with E-state index in [1.807, 2.05) is 0 Å². The summed E-state index contributed by atoms with van der Waals surface area (Å²) in [6, 6.07) is 5.82. The Labute approximate surface area is 111 Å². The van der Waals surface area contributed by atoms with Gasteiger partial charge in [-0.1, -0.05) is 11.6 Å². The Morgan fingerprint density at radius 1 is 1.00 bits per heavy atom. The molecule has 2 aromatic rings. The van der Waals surface area contributed by atoms with E-state index < -0.39 is 28.9 Å². The minimum Gasteiger partial charge on any atom is -0.321 e. The molecule has 6 heteroatoms. The first-order valence-corrected chi connectivity index (χ1v) is 5.56. The molecule has 0 fully saturated rings. The van der Waals surface area contributed by atoms with E-state index >= 15 is 0 Å². The lowest BCUT2D eigenvalue weighted by atomic mass is 10.2. The zero-order valence-corrected chi connectivity index (χ0v) is 10.1. The molecule has 0 radical (unpaired) electrons. The zero-order chi connectivity index (χ0) is 14.0. The molecule has 0 heterocycles. The number of hydrogen-bond acceptors (Lipinski definition) is 1. The smallest absolute Gasteiger partial charge is 0.258 e. The maximum Gasteiger partial charge on any atom is 0.258 e. The molecule has 0 spiro atoms. The molecule has 1 N–H and O–H groups in total. The van der Waals surface area contributed by atoms with E-state index in [0.29, 0.717) is 0 Å². The van der Waals surface area contributed by atoms with Crippen LogP contribution in [0.1, 0.15) is 10.4 Å². The van der Waals surface area contributed by atoms with Crippen LogP contribution in [0.15, 0.2) is 36.4 Å². The minimum atomic E-state index is -0.870. The van der Waals surface area contributed by atoms with Crippen LogP contribution in [-0.2, 0) is 0 Å². The lowest BCUT2D eigenvalue weighted by molar-refractivity contribution is 0.102. The van der Waals surface area contributed by atoms with Crippen molar-refractivity contribution in [1.29, 1.82) is 0 Å². The molecule has 0 atom stereocenters. The van der Waals surface area contributed by atoms with Crippen molar-refractivity contribution in [2.24, 2.45) is 0 Å². The van der Waals surface area contributed by atoms with Crippen LogP contribution >= 0.6 is 11.6 Å². The summed E-state index contributed by atoms with van der Waals surface area (Å²) in [7, 11) is 0. The largest absolute Gasteiger partial charge is 0.321 e. The van der Waals surface area contributed by atoms with E-state index in [9.17, 15) is 18.0 Å². The van der Waals surface area contributed by atoms with Crippen LogP contribution in [0.3, 0.4) is 0 Å². The molecular weight excluding hydrogens is 279 g/mol. The Hall–Kier alpha value is -2.01. The van der Waals surface area contributed by atoms with Crippen LogP contribution in [0, 0.1) is 17.5 Å². The summed E-state index contributed by atoms with van der Waals surface area (Å²) in [6.07, 6.45) is 0. The van der Waals surface area contributed by atoms with Crippen molar-refractivity contribution >= 4 is 23.2 Å². The lowest BCUT2D eigenvalue weighted by Gasteiger charge is -2.08. The van der Waals surface area contributed by atoms with Gasteiger partial charge in [-0.15, -0.1) is 0 Å². The molecule has 0 aliphatic heterocycles. The minimum absolute atomic E-state index is 0.0369. The number of hydrogen-bond donors (Lipinski definition) is 1. The predicted molar refractivity (Wildman–Crippen MR) is 65.7 cm³/mol. The van der Waals surface area contributed by atoms with Gasteiger partial charge in [-0.05, 0) is 36.4 Å². The molecule has 2 nitrogen and oxygen atoms in total. The van der Waals surface area contributed by atoms with E-state index in [4.69, 9.17) is 11.6 Å². The van der Waals surface area contributed by atoms with Gasteiger partial charge in [0.05, 0.1) is 16.3 Å². The number of halogens is 4. The van der Waals surface area contributed by atoms with Crippen molar-refractivity contribution in [1.82, 2.24) is 0 Å². The zero-order valence-electron chi connectivity index (χ0n) is 9.38. The summed E-state index contributed by atoms with van der Waals surface area (Å²) >= 11 is 5.71. The van der Waals surface area contributed by atoms with Gasteiger partial charge < -0.3 is 5.32 Å². The van der Waals surface area contributed by atoms with Crippen molar-refractivity contribution < 1.29 is 18.0 Å². The average molecular weight is 286 g/mol. The maximum absolute atomic E-state index is 13.4. The standard InChI is InChI=1S/C13H7ClF3NO/c14-10-6-8(16)2-4-12(10)18-13(19)9-5-7(15)1-3-11(9)17/h1-6H,(H,18,19). The Kier molecular flexibility index (Phi) is 3.76. The first-order chi connectivity index (χ1) is 8.97. The number of nitrogens with one attached hydrogen (secondary N) is 1. The normalized spacial score (nSPS) is 10.3. The van der Waals surface area contributed by atoms with Gasteiger partial charge in [0.1, 0.15) is 17.5 Å². The molecule has 2 rings (SSSR count). The summed E-state index contributed by atoms with van der Waals surface area (Å²) < 4.78 is 39.1. The molecule has 2 aromatic carbocycles. The van der Waals surface area contributed by atoms with Crippen LogP contribution in [0.5, 0.6) is 0 Å². The first kappa shape index (κ1) is 13.4. The maximum atomic E-state index is 13.4. The van der Waals surface area contributed by atoms with E-state index in [2.05, 4.69) is 5.32 Å². The number of benzene rings is 2. The van der Waals surface area contributed by atoms with Crippen LogP contribution in [0.4, 0.5) is 18.9 Å². The molecule has 0 unspecified atom stereocenters. The van der Waals surface area contributed by atoms with E-state index in [1.54, 1.807) is 0 Å². The SMILES string of the molecule is O=C(Nc1ccc(F)cc1Cl)c1cc(F)ccc1F. The average Bonchev–Trinajstić information content (AvgIpc) is 2.35. The lowest BCUT2D eigenvalue weighted by Crippen LogP contribution is -2.14. The van der Waals surface area contributed by atoms with Gasteiger partial charge in [-0.25, -0.2) is 13.2 Å². The monoisotopic (exact) mass is 285 g/mol. The molecule has 19 heavy (non-hydrogen) atoms. The molecule has 0 aliphatic carbocycles. The second kappa shape index (κ2) is 5.32. The number of carbonyl (C=O) groups is 1. The quantitative estimate of drug-likeness (QED) is 0.887. The van der Waals surface area contributed by atoms with Gasteiger partial charge in [0.2, 0.25) is 0 Å². The molecule has 98 valence electrons. The third-order valence-corrected chi connectivity index (χ3v) is 2.67. The molecular formula is C13H7ClF3NO. The van der Waals surface area contributed by atoms with Gasteiger partial charge in [0, 0.05) is 0 Å². The second-order valence-corrected chi connectivity index (χ2v) is 4.11. The van der Waals surface area contributed by atoms with Crippen molar-refractivity contribution in [3.63, 3.8) is 0 Å². The summed E-state index contributed by atoms with van der Waals surface area (Å²) in [6.45, 7) is 0. The Balaban J connectivity index is 2.28. The fraction of sp³-hybridized carbons (Fsp3) is 0. The van der Waals surface area contributed by atoms with Crippen LogP contribution in [0.25, 0.3) is 0 Å². The number of amides is 1. The molecule has 1 amide bonds. The summed E-state index contributed by atoms with van der Waals surface area (Å²) in [4.78, 5) is 11.8. The van der Waals surface area contributed by atoms with E-state index in [1.165, 1.54) is 6.07 Å². The van der Waals surface area contributed by atoms with Gasteiger partial charge in [0.15, 0.2) is 0 Å². The van der Waals surface area contributed by atoms with Gasteiger partial charge in [-0.2, -0.15) is 0 Å². The highest BCUT2D eigenvalue weighted by atomic mass is 35.5. The van der Waals surface area contributed by atoms with Crippen LogP contribution in [-0.4, -0.2) is 5.91 Å². The van der Waals surface area contributed by atoms with Crippen molar-refractivity contribution in [2.45, 2.75) is 0 Å². The summed E-state index contributed by atoms with van der Waals surface area (Å²) in [5.74, 6) is -3.04. The fourth-order valence-corrected chi connectivity index (χ4v) is 1.67. The number of rotatable bonds is 2. The van der Waals surface area contributed by atoms with Gasteiger partial charge in [-0.3, -0.25) is 4.79 Å². The fourth-order valence-electron chi connectivity index (χ4n) is 1.45. The summed E-state index contributed by atoms with van der Waals surface area (Å²) in [5, 5.41) is 2.24. The third kappa shape index (κ3) is 3.06. The molecule has 0 saturated carbocycles. The first-order valence-electron chi connectivity index (χ1n) is 5.19. The topological polar surface area (TPSA) is 29.1 Å². The van der Waals surface area contributed by atoms with Crippen molar-refractivity contribution in [2.75, 3.05) is 5.32 Å². The van der Waals surface area contributed by atoms with Crippen LogP contribution < -0.4 is 5.32 Å². The highest BCUT2D eigenvalue weighted by molar-refractivity contribution is 6.33. The number of anilines is 1. The molecule has 0 aliphatic rings. The highest BCUT2D eigenvalue weighted by Crippen LogP contribution is 2.23. The van der Waals surface area contributed by atoms with Gasteiger partial charge >= 0.3 is 0 Å².